The summed E-state index contributed by atoms with van der Waals surface area (Å²) in [5.41, 5.74) is 2.93. The number of amides is 1. The summed E-state index contributed by atoms with van der Waals surface area (Å²) < 4.78 is 2.10. The van der Waals surface area contributed by atoms with E-state index in [4.69, 9.17) is 4.98 Å². The van der Waals surface area contributed by atoms with Crippen LogP contribution in [0.1, 0.15) is 32.0 Å². The first-order valence-corrected chi connectivity index (χ1v) is 10.1. The molecule has 29 heavy (non-hydrogen) atoms. The molecule has 1 amide bonds. The van der Waals surface area contributed by atoms with E-state index in [1.54, 1.807) is 11.8 Å². The van der Waals surface area contributed by atoms with E-state index < -0.39 is 11.9 Å². The minimum Gasteiger partial charge on any atom is -0.481 e. The van der Waals surface area contributed by atoms with Crippen LogP contribution in [0.2, 0.25) is 0 Å². The molecule has 150 valence electrons. The number of rotatable bonds is 8. The molecule has 1 aliphatic carbocycles. The average molecular weight is 391 g/mol. The first kappa shape index (κ1) is 19.2. The molecular formula is C23H25N3O3. The smallest absolute Gasteiger partial charge is 0.308 e. The highest BCUT2D eigenvalue weighted by atomic mass is 16.4. The summed E-state index contributed by atoms with van der Waals surface area (Å²) in [5.74, 6) is -0.581. The van der Waals surface area contributed by atoms with Gasteiger partial charge in [0.2, 0.25) is 5.91 Å². The zero-order chi connectivity index (χ0) is 20.4. The van der Waals surface area contributed by atoms with Crippen molar-refractivity contribution in [1.29, 1.82) is 0 Å². The molecule has 0 aliphatic heterocycles. The largest absolute Gasteiger partial charge is 0.481 e. The maximum atomic E-state index is 12.9. The lowest BCUT2D eigenvalue weighted by Gasteiger charge is -2.24. The quantitative estimate of drug-likeness (QED) is 0.636. The topological polar surface area (TPSA) is 75.4 Å². The fraction of sp³-hybridized carbons (Fsp3) is 0.348. The minimum absolute atomic E-state index is 0.00673. The van der Waals surface area contributed by atoms with Crippen molar-refractivity contribution in [2.24, 2.45) is 5.92 Å². The summed E-state index contributed by atoms with van der Waals surface area (Å²) >= 11 is 0. The molecule has 6 nitrogen and oxygen atoms in total. The van der Waals surface area contributed by atoms with Crippen molar-refractivity contribution in [3.8, 4) is 5.69 Å². The first-order valence-electron chi connectivity index (χ1n) is 10.1. The Labute approximate surface area is 169 Å². The maximum Gasteiger partial charge on any atom is 0.308 e. The summed E-state index contributed by atoms with van der Waals surface area (Å²) in [6, 6.07) is 18.2. The van der Waals surface area contributed by atoms with Gasteiger partial charge in [-0.25, -0.2) is 4.98 Å². The number of para-hydroxylation sites is 3. The Bertz CT molecular complexity index is 1020. The number of benzene rings is 2. The second-order valence-electron chi connectivity index (χ2n) is 7.70. The molecule has 6 heteroatoms. The number of hydrogen-bond acceptors (Lipinski definition) is 3. The molecule has 1 atom stereocenters. The Morgan fingerprint density at radius 3 is 2.52 bits per heavy atom. The van der Waals surface area contributed by atoms with Gasteiger partial charge in [-0.1, -0.05) is 37.3 Å². The van der Waals surface area contributed by atoms with Crippen LogP contribution in [0.4, 0.5) is 0 Å². The van der Waals surface area contributed by atoms with Crippen LogP contribution < -0.4 is 0 Å². The number of carboxylic acid groups (broad SMARTS) is 1. The normalized spacial score (nSPS) is 14.7. The van der Waals surface area contributed by atoms with Gasteiger partial charge in [0, 0.05) is 31.1 Å². The molecule has 2 aromatic carbocycles. The van der Waals surface area contributed by atoms with Crippen LogP contribution >= 0.6 is 0 Å². The predicted molar refractivity (Wildman–Crippen MR) is 111 cm³/mol. The van der Waals surface area contributed by atoms with Gasteiger partial charge in [-0.2, -0.15) is 0 Å². The number of carbonyl (C=O) groups is 2. The second-order valence-corrected chi connectivity index (χ2v) is 7.70. The molecule has 4 rings (SSSR count). The highest BCUT2D eigenvalue weighted by molar-refractivity contribution is 5.80. The molecule has 1 fully saturated rings. The van der Waals surface area contributed by atoms with E-state index in [-0.39, 0.29) is 18.5 Å². The lowest BCUT2D eigenvalue weighted by molar-refractivity contribution is -0.143. The van der Waals surface area contributed by atoms with Crippen molar-refractivity contribution in [2.45, 2.75) is 38.6 Å². The maximum absolute atomic E-state index is 12.9. The number of fused-ring (bicyclic) bond motifs is 1. The molecule has 1 aromatic heterocycles. The van der Waals surface area contributed by atoms with Crippen LogP contribution in [-0.2, 0) is 16.0 Å². The molecule has 1 heterocycles. The van der Waals surface area contributed by atoms with E-state index >= 15 is 0 Å². The average Bonchev–Trinajstić information content (AvgIpc) is 3.50. The van der Waals surface area contributed by atoms with E-state index in [0.29, 0.717) is 12.8 Å². The van der Waals surface area contributed by atoms with Gasteiger partial charge >= 0.3 is 5.97 Å². The molecule has 1 unspecified atom stereocenters. The van der Waals surface area contributed by atoms with Gasteiger partial charge in [0.05, 0.1) is 17.0 Å². The zero-order valence-corrected chi connectivity index (χ0v) is 16.5. The molecule has 0 bridgehead atoms. The lowest BCUT2D eigenvalue weighted by Crippen LogP contribution is -2.38. The Morgan fingerprint density at radius 1 is 1.14 bits per heavy atom. The van der Waals surface area contributed by atoms with Crippen molar-refractivity contribution in [3.63, 3.8) is 0 Å². The molecule has 0 saturated heterocycles. The third-order valence-electron chi connectivity index (χ3n) is 5.41. The van der Waals surface area contributed by atoms with Gasteiger partial charge in [0.15, 0.2) is 0 Å². The van der Waals surface area contributed by atoms with Gasteiger partial charge < -0.3 is 10.0 Å². The van der Waals surface area contributed by atoms with Crippen LogP contribution in [0.3, 0.4) is 0 Å². The first-order chi connectivity index (χ1) is 14.0. The van der Waals surface area contributed by atoms with Crippen molar-refractivity contribution < 1.29 is 14.7 Å². The fourth-order valence-corrected chi connectivity index (χ4v) is 3.68. The van der Waals surface area contributed by atoms with Crippen molar-refractivity contribution in [3.05, 3.63) is 60.4 Å². The molecule has 1 saturated carbocycles. The standard InChI is InChI=1S/C23H25N3O3/c1-16(23(28)29)15-25(17-11-12-17)22(27)14-13-21-24-19-9-5-6-10-20(19)26(21)18-7-3-2-4-8-18/h2-10,16-17H,11-15H2,1H3,(H,28,29). The minimum atomic E-state index is -0.866. The van der Waals surface area contributed by atoms with E-state index in [1.165, 1.54) is 0 Å². The Balaban J connectivity index is 1.56. The van der Waals surface area contributed by atoms with Crippen LogP contribution in [0.15, 0.2) is 54.6 Å². The zero-order valence-electron chi connectivity index (χ0n) is 16.5. The predicted octanol–water partition coefficient (Wildman–Crippen LogP) is 3.67. The van der Waals surface area contributed by atoms with Crippen LogP contribution in [-0.4, -0.2) is 44.0 Å². The molecule has 3 aromatic rings. The van der Waals surface area contributed by atoms with E-state index in [2.05, 4.69) is 4.57 Å². The third kappa shape index (κ3) is 4.16. The highest BCUT2D eigenvalue weighted by Crippen LogP contribution is 2.29. The summed E-state index contributed by atoms with van der Waals surface area (Å²) in [6.07, 6.45) is 2.74. The summed E-state index contributed by atoms with van der Waals surface area (Å²) in [4.78, 5) is 30.7. The second kappa shape index (κ2) is 8.07. The lowest BCUT2D eigenvalue weighted by atomic mass is 10.1. The van der Waals surface area contributed by atoms with E-state index in [1.807, 2.05) is 54.6 Å². The van der Waals surface area contributed by atoms with Crippen molar-refractivity contribution in [1.82, 2.24) is 14.5 Å². The number of carboxylic acids is 1. The van der Waals surface area contributed by atoms with Crippen molar-refractivity contribution in [2.75, 3.05) is 6.54 Å². The number of aryl methyl sites for hydroxylation is 1. The summed E-state index contributed by atoms with van der Waals surface area (Å²) in [5, 5.41) is 9.21. The Hall–Kier alpha value is -3.15. The van der Waals surface area contributed by atoms with Gasteiger partial charge in [-0.05, 0) is 37.1 Å². The third-order valence-corrected chi connectivity index (χ3v) is 5.41. The molecule has 0 radical (unpaired) electrons. The monoisotopic (exact) mass is 391 g/mol. The number of hydrogen-bond donors (Lipinski definition) is 1. The summed E-state index contributed by atoms with van der Waals surface area (Å²) in [6.45, 7) is 1.92. The van der Waals surface area contributed by atoms with Gasteiger partial charge in [-0.3, -0.25) is 14.2 Å². The van der Waals surface area contributed by atoms with Crippen LogP contribution in [0.25, 0.3) is 16.7 Å². The SMILES string of the molecule is CC(CN(C(=O)CCc1nc2ccccc2n1-c1ccccc1)C1CC1)C(=O)O. The highest BCUT2D eigenvalue weighted by Gasteiger charge is 2.34. The van der Waals surface area contributed by atoms with Gasteiger partial charge in [0.1, 0.15) is 5.82 Å². The molecule has 0 spiro atoms. The van der Waals surface area contributed by atoms with Gasteiger partial charge in [0.25, 0.3) is 0 Å². The number of aliphatic carboxylic acids is 1. The fourth-order valence-electron chi connectivity index (χ4n) is 3.68. The number of aromatic nitrogens is 2. The van der Waals surface area contributed by atoms with E-state index in [0.717, 1.165) is 35.4 Å². The van der Waals surface area contributed by atoms with Gasteiger partial charge in [-0.15, -0.1) is 0 Å². The summed E-state index contributed by atoms with van der Waals surface area (Å²) in [7, 11) is 0. The van der Waals surface area contributed by atoms with Crippen molar-refractivity contribution >= 4 is 22.9 Å². The molecular weight excluding hydrogens is 366 g/mol. The molecule has 1 N–H and O–H groups in total. The van der Waals surface area contributed by atoms with Crippen LogP contribution in [0.5, 0.6) is 0 Å². The number of imidazole rings is 1. The number of carbonyl (C=O) groups excluding carboxylic acids is 1. The molecule has 1 aliphatic rings. The Kier molecular flexibility index (Phi) is 5.34. The van der Waals surface area contributed by atoms with E-state index in [9.17, 15) is 14.7 Å². The number of nitrogens with zero attached hydrogens (tertiary/aromatic N) is 3. The van der Waals surface area contributed by atoms with Crippen LogP contribution in [0, 0.1) is 5.92 Å². The Morgan fingerprint density at radius 2 is 1.83 bits per heavy atom.